The third-order valence-corrected chi connectivity index (χ3v) is 7.47. The van der Waals surface area contributed by atoms with Crippen molar-refractivity contribution in [3.63, 3.8) is 0 Å². The third-order valence-electron chi connectivity index (χ3n) is 7.47. The number of hydrogen-bond acceptors (Lipinski definition) is 12. The summed E-state index contributed by atoms with van der Waals surface area (Å²) in [6.45, 7) is 5.50. The zero-order valence-electron chi connectivity index (χ0n) is 29.8. The molecule has 0 unspecified atom stereocenters. The quantitative estimate of drug-likeness (QED) is 0.0376. The largest absolute Gasteiger partial charge is 0.481 e. The van der Waals surface area contributed by atoms with Crippen molar-refractivity contribution >= 4 is 53.4 Å². The summed E-state index contributed by atoms with van der Waals surface area (Å²) in [5.74, 6) is -10.5. The second kappa shape index (κ2) is 24.3. The van der Waals surface area contributed by atoms with Crippen LogP contribution in [-0.2, 0) is 43.2 Å². The molecule has 0 rings (SSSR count). The number of carbonyl (C=O) groups excluding carboxylic acids is 6. The molecular formula is C31H54N8O13. The summed E-state index contributed by atoms with van der Waals surface area (Å²) >= 11 is 0. The predicted octanol–water partition coefficient (Wildman–Crippen LogP) is -3.90. The average Bonchev–Trinajstić information content (AvgIpc) is 3.05. The Hall–Kier alpha value is -4.89. The number of aliphatic hydroxyl groups is 1. The lowest BCUT2D eigenvalue weighted by Crippen LogP contribution is -2.58. The van der Waals surface area contributed by atoms with E-state index in [0.717, 1.165) is 0 Å². The molecule has 296 valence electrons. The normalized spacial score (nSPS) is 14.5. The van der Waals surface area contributed by atoms with Crippen molar-refractivity contribution < 1.29 is 63.6 Å². The van der Waals surface area contributed by atoms with Gasteiger partial charge in [0.2, 0.25) is 35.4 Å². The minimum Gasteiger partial charge on any atom is -0.481 e. The van der Waals surface area contributed by atoms with Crippen molar-refractivity contribution in [3.8, 4) is 0 Å². The van der Waals surface area contributed by atoms with E-state index in [2.05, 4.69) is 31.9 Å². The molecule has 6 amide bonds. The molecule has 0 aliphatic rings. The Balaban J connectivity index is 5.69. The van der Waals surface area contributed by atoms with Gasteiger partial charge in [0.05, 0.1) is 25.6 Å². The number of rotatable bonds is 26. The minimum absolute atomic E-state index is 0.0437. The summed E-state index contributed by atoms with van der Waals surface area (Å²) in [5.41, 5.74) is 11.3. The first kappa shape index (κ1) is 47.1. The Morgan fingerprint density at radius 2 is 1.15 bits per heavy atom. The van der Waals surface area contributed by atoms with Crippen molar-refractivity contribution in [2.45, 2.75) is 109 Å². The maximum Gasteiger partial charge on any atom is 0.326 e. The maximum absolute atomic E-state index is 13.1. The zero-order chi connectivity index (χ0) is 40.1. The summed E-state index contributed by atoms with van der Waals surface area (Å²) in [5, 5.41) is 51.1. The first-order chi connectivity index (χ1) is 24.2. The summed E-state index contributed by atoms with van der Waals surface area (Å²) in [4.78, 5) is 111. The second-order valence-electron chi connectivity index (χ2n) is 12.8. The highest BCUT2D eigenvalue weighted by Gasteiger charge is 2.32. The molecule has 0 aliphatic heterocycles. The van der Waals surface area contributed by atoms with Gasteiger partial charge in [0.25, 0.3) is 0 Å². The number of nitrogens with one attached hydrogen (secondary N) is 6. The van der Waals surface area contributed by atoms with Crippen LogP contribution < -0.4 is 43.4 Å². The Kier molecular flexibility index (Phi) is 22.0. The molecule has 0 radical (unpaired) electrons. The molecule has 14 N–H and O–H groups in total. The van der Waals surface area contributed by atoms with Crippen LogP contribution in [0.5, 0.6) is 0 Å². The smallest absolute Gasteiger partial charge is 0.326 e. The standard InChI is InChI=1S/C31H54N8O13/c1-15(2)11-19(38-30(50)25(33)16(3)4)28(48)39-21(14-40)26(46)34-13-22(41)35-17(8-9-23(42)43)27(47)37-20(12-24(44)45)29(49)36-18(31(51)52)7-5-6-10-32/h15-21,25,40H,5-14,32-33H2,1-4H3,(H,34,46)(H,35,41)(H,36,49)(H,37,47)(H,38,50)(H,39,48)(H,42,43)(H,44,45)(H,51,52)/t17-,18-,19-,20-,21-,25-/m0/s1. The maximum atomic E-state index is 13.1. The van der Waals surface area contributed by atoms with Gasteiger partial charge in [-0.2, -0.15) is 0 Å². The van der Waals surface area contributed by atoms with Crippen molar-refractivity contribution in [1.29, 1.82) is 0 Å². The van der Waals surface area contributed by atoms with E-state index >= 15 is 0 Å². The van der Waals surface area contributed by atoms with Crippen LogP contribution in [0.15, 0.2) is 0 Å². The highest BCUT2D eigenvalue weighted by Crippen LogP contribution is 2.08. The molecule has 0 spiro atoms. The lowest BCUT2D eigenvalue weighted by molar-refractivity contribution is -0.143. The van der Waals surface area contributed by atoms with E-state index in [1.54, 1.807) is 27.7 Å². The molecule has 0 aliphatic carbocycles. The Morgan fingerprint density at radius 3 is 1.65 bits per heavy atom. The van der Waals surface area contributed by atoms with E-state index in [1.807, 2.05) is 0 Å². The van der Waals surface area contributed by atoms with Crippen LogP contribution >= 0.6 is 0 Å². The van der Waals surface area contributed by atoms with Crippen LogP contribution in [0.3, 0.4) is 0 Å². The number of carbonyl (C=O) groups is 9. The highest BCUT2D eigenvalue weighted by molar-refractivity contribution is 5.97. The Morgan fingerprint density at radius 1 is 0.615 bits per heavy atom. The molecule has 0 aromatic heterocycles. The number of carboxylic acid groups (broad SMARTS) is 3. The molecule has 21 nitrogen and oxygen atoms in total. The van der Waals surface area contributed by atoms with Gasteiger partial charge in [-0.1, -0.05) is 27.7 Å². The zero-order valence-corrected chi connectivity index (χ0v) is 29.8. The number of hydrogen-bond donors (Lipinski definition) is 12. The molecule has 0 saturated carbocycles. The molecule has 0 aromatic rings. The van der Waals surface area contributed by atoms with Gasteiger partial charge in [-0.3, -0.25) is 38.4 Å². The van der Waals surface area contributed by atoms with Crippen LogP contribution in [0.4, 0.5) is 0 Å². The van der Waals surface area contributed by atoms with Crippen LogP contribution in [0.25, 0.3) is 0 Å². The van der Waals surface area contributed by atoms with Gasteiger partial charge >= 0.3 is 17.9 Å². The lowest BCUT2D eigenvalue weighted by Gasteiger charge is -2.25. The SMILES string of the molecule is CC(C)C[C@H](NC(=O)[C@@H](N)C(C)C)C(=O)N[C@@H](CO)C(=O)NCC(=O)N[C@@H](CCC(=O)O)C(=O)N[C@@H](CC(=O)O)C(=O)N[C@@H](CCCCN)C(=O)O. The topological polar surface area (TPSA) is 359 Å². The lowest BCUT2D eigenvalue weighted by atomic mass is 10.0. The van der Waals surface area contributed by atoms with Crippen molar-refractivity contribution in [1.82, 2.24) is 31.9 Å². The molecule has 52 heavy (non-hydrogen) atoms. The van der Waals surface area contributed by atoms with E-state index in [9.17, 15) is 58.5 Å². The fourth-order valence-corrected chi connectivity index (χ4v) is 4.49. The predicted molar refractivity (Wildman–Crippen MR) is 182 cm³/mol. The van der Waals surface area contributed by atoms with E-state index in [1.165, 1.54) is 0 Å². The number of nitrogens with two attached hydrogens (primary N) is 2. The van der Waals surface area contributed by atoms with Crippen molar-refractivity contribution in [2.75, 3.05) is 19.7 Å². The van der Waals surface area contributed by atoms with Crippen LogP contribution in [0, 0.1) is 11.8 Å². The number of aliphatic carboxylic acids is 3. The fraction of sp³-hybridized carbons (Fsp3) is 0.710. The Bertz CT molecular complexity index is 1260. The van der Waals surface area contributed by atoms with Crippen molar-refractivity contribution in [3.05, 3.63) is 0 Å². The molecule has 0 aromatic carbocycles. The van der Waals surface area contributed by atoms with Gasteiger partial charge in [0.1, 0.15) is 30.2 Å². The molecular weight excluding hydrogens is 692 g/mol. The van der Waals surface area contributed by atoms with Crippen LogP contribution in [-0.4, -0.2) is 130 Å². The van der Waals surface area contributed by atoms with Gasteiger partial charge in [0, 0.05) is 6.42 Å². The van der Waals surface area contributed by atoms with Gasteiger partial charge in [-0.25, -0.2) is 4.79 Å². The van der Waals surface area contributed by atoms with E-state index in [0.29, 0.717) is 12.8 Å². The summed E-state index contributed by atoms with van der Waals surface area (Å²) < 4.78 is 0. The summed E-state index contributed by atoms with van der Waals surface area (Å²) in [7, 11) is 0. The van der Waals surface area contributed by atoms with Crippen LogP contribution in [0.2, 0.25) is 0 Å². The van der Waals surface area contributed by atoms with Gasteiger partial charge in [-0.15, -0.1) is 0 Å². The minimum atomic E-state index is -1.83. The van der Waals surface area contributed by atoms with Gasteiger partial charge in [0.15, 0.2) is 0 Å². The van der Waals surface area contributed by atoms with E-state index < -0.39 is 122 Å². The first-order valence-electron chi connectivity index (χ1n) is 16.7. The molecule has 0 heterocycles. The first-order valence-corrected chi connectivity index (χ1v) is 16.7. The molecule has 0 bridgehead atoms. The summed E-state index contributed by atoms with van der Waals surface area (Å²) in [6.07, 6.45) is -1.33. The van der Waals surface area contributed by atoms with E-state index in [4.69, 9.17) is 16.6 Å². The second-order valence-corrected chi connectivity index (χ2v) is 12.8. The number of amides is 6. The van der Waals surface area contributed by atoms with Gasteiger partial charge < -0.3 is 63.8 Å². The van der Waals surface area contributed by atoms with Gasteiger partial charge in [-0.05, 0) is 50.5 Å². The number of aliphatic hydroxyl groups excluding tert-OH is 1. The monoisotopic (exact) mass is 746 g/mol. The fourth-order valence-electron chi connectivity index (χ4n) is 4.49. The van der Waals surface area contributed by atoms with E-state index in [-0.39, 0.29) is 31.2 Å². The number of carboxylic acids is 3. The molecule has 0 fully saturated rings. The summed E-state index contributed by atoms with van der Waals surface area (Å²) in [6, 6.07) is -8.56. The average molecular weight is 747 g/mol. The molecule has 0 saturated heterocycles. The Labute approximate surface area is 300 Å². The van der Waals surface area contributed by atoms with Crippen molar-refractivity contribution in [2.24, 2.45) is 23.3 Å². The highest BCUT2D eigenvalue weighted by atomic mass is 16.4. The van der Waals surface area contributed by atoms with Crippen LogP contribution in [0.1, 0.15) is 72.6 Å². The number of unbranched alkanes of at least 4 members (excludes halogenated alkanes) is 1. The third kappa shape index (κ3) is 18.9. The molecule has 6 atom stereocenters. The molecule has 21 heteroatoms.